The maximum absolute atomic E-state index is 5.28. The Morgan fingerprint density at radius 3 is 2.44 bits per heavy atom. The number of aryl methyl sites for hydroxylation is 2. The van der Waals surface area contributed by atoms with Crippen LogP contribution in [0.5, 0.6) is 0 Å². The number of methoxy groups -OCH3 is 1. The van der Waals surface area contributed by atoms with Crippen molar-refractivity contribution in [2.45, 2.75) is 53.6 Å². The molecule has 0 aliphatic carbocycles. The van der Waals surface area contributed by atoms with Gasteiger partial charge in [0.25, 0.3) is 0 Å². The van der Waals surface area contributed by atoms with Crippen molar-refractivity contribution in [2.24, 2.45) is 5.41 Å². The van der Waals surface area contributed by atoms with Gasteiger partial charge in [-0.2, -0.15) is 0 Å². The van der Waals surface area contributed by atoms with Crippen molar-refractivity contribution in [3.63, 3.8) is 0 Å². The van der Waals surface area contributed by atoms with Crippen LogP contribution in [-0.2, 0) is 11.3 Å². The minimum atomic E-state index is 0.287. The molecule has 0 spiro atoms. The van der Waals surface area contributed by atoms with Gasteiger partial charge in [0.15, 0.2) is 0 Å². The fraction of sp³-hybridized carbons (Fsp3) is 0.786. The summed E-state index contributed by atoms with van der Waals surface area (Å²) in [6.45, 7) is 12.2. The Hall–Kier alpha value is -0.870. The van der Waals surface area contributed by atoms with E-state index in [1.807, 2.05) is 13.8 Å². The number of nitrogens with zero attached hydrogens (tertiary/aromatic N) is 1. The molecular formula is C14H26N2O2. The highest BCUT2D eigenvalue weighted by Gasteiger charge is 2.19. The molecule has 0 saturated carbocycles. The van der Waals surface area contributed by atoms with Crippen LogP contribution in [0.4, 0.5) is 0 Å². The van der Waals surface area contributed by atoms with Gasteiger partial charge in [-0.05, 0) is 25.7 Å². The highest BCUT2D eigenvalue weighted by Crippen LogP contribution is 2.21. The minimum Gasteiger partial charge on any atom is -0.383 e. The molecule has 1 N–H and O–H groups in total. The molecule has 1 unspecified atom stereocenters. The third-order valence-corrected chi connectivity index (χ3v) is 2.98. The van der Waals surface area contributed by atoms with Crippen molar-refractivity contribution < 1.29 is 9.26 Å². The van der Waals surface area contributed by atoms with Gasteiger partial charge in [-0.1, -0.05) is 25.9 Å². The molecule has 1 aromatic rings. The number of aromatic nitrogens is 1. The van der Waals surface area contributed by atoms with Crippen LogP contribution in [0.1, 0.15) is 44.2 Å². The molecule has 0 bridgehead atoms. The number of hydrogen-bond acceptors (Lipinski definition) is 4. The topological polar surface area (TPSA) is 47.3 Å². The maximum Gasteiger partial charge on any atom is 0.138 e. The number of ether oxygens (including phenoxy) is 1. The van der Waals surface area contributed by atoms with Crippen LogP contribution < -0.4 is 5.32 Å². The van der Waals surface area contributed by atoms with Gasteiger partial charge in [0.05, 0.1) is 12.3 Å². The van der Waals surface area contributed by atoms with Crippen LogP contribution in [-0.4, -0.2) is 24.9 Å². The second kappa shape index (κ2) is 6.34. The van der Waals surface area contributed by atoms with Crippen LogP contribution in [0.3, 0.4) is 0 Å². The summed E-state index contributed by atoms with van der Waals surface area (Å²) >= 11 is 0. The van der Waals surface area contributed by atoms with Gasteiger partial charge in [-0.3, -0.25) is 0 Å². The normalized spacial score (nSPS) is 13.9. The lowest BCUT2D eigenvalue weighted by atomic mass is 9.88. The summed E-state index contributed by atoms with van der Waals surface area (Å²) in [6.07, 6.45) is 1.07. The highest BCUT2D eigenvalue weighted by molar-refractivity contribution is 5.20. The summed E-state index contributed by atoms with van der Waals surface area (Å²) in [5.74, 6) is 0.895. The van der Waals surface area contributed by atoms with E-state index in [-0.39, 0.29) is 5.41 Å². The van der Waals surface area contributed by atoms with Crippen molar-refractivity contribution >= 4 is 0 Å². The van der Waals surface area contributed by atoms with Crippen LogP contribution in [0.2, 0.25) is 0 Å². The van der Waals surface area contributed by atoms with E-state index in [2.05, 4.69) is 31.2 Å². The van der Waals surface area contributed by atoms with Crippen molar-refractivity contribution in [3.8, 4) is 0 Å². The van der Waals surface area contributed by atoms with Crippen LogP contribution in [0.25, 0.3) is 0 Å². The summed E-state index contributed by atoms with van der Waals surface area (Å²) in [7, 11) is 1.74. The summed E-state index contributed by atoms with van der Waals surface area (Å²) < 4.78 is 10.4. The molecule has 0 radical (unpaired) electrons. The fourth-order valence-corrected chi connectivity index (χ4v) is 2.13. The number of hydrogen-bond donors (Lipinski definition) is 1. The summed E-state index contributed by atoms with van der Waals surface area (Å²) in [5.41, 5.74) is 2.41. The molecule has 0 aliphatic heterocycles. The van der Waals surface area contributed by atoms with E-state index in [0.717, 1.165) is 36.6 Å². The van der Waals surface area contributed by atoms with Gasteiger partial charge in [-0.15, -0.1) is 0 Å². The first-order valence-corrected chi connectivity index (χ1v) is 6.47. The predicted molar refractivity (Wildman–Crippen MR) is 72.6 cm³/mol. The summed E-state index contributed by atoms with van der Waals surface area (Å²) in [5, 5.41) is 7.50. The average molecular weight is 254 g/mol. The molecule has 0 aliphatic rings. The van der Waals surface area contributed by atoms with E-state index >= 15 is 0 Å². The van der Waals surface area contributed by atoms with E-state index in [1.54, 1.807) is 7.11 Å². The van der Waals surface area contributed by atoms with E-state index in [4.69, 9.17) is 9.26 Å². The highest BCUT2D eigenvalue weighted by atomic mass is 16.5. The molecule has 0 amide bonds. The smallest absolute Gasteiger partial charge is 0.138 e. The monoisotopic (exact) mass is 254 g/mol. The van der Waals surface area contributed by atoms with E-state index in [0.29, 0.717) is 6.04 Å². The van der Waals surface area contributed by atoms with E-state index in [1.165, 1.54) is 0 Å². The van der Waals surface area contributed by atoms with Crippen LogP contribution >= 0.6 is 0 Å². The SMILES string of the molecule is COCC(CC(C)(C)C)NCc1c(C)noc1C. The Kier molecular flexibility index (Phi) is 5.35. The molecule has 0 fully saturated rings. The quantitative estimate of drug-likeness (QED) is 0.848. The van der Waals surface area contributed by atoms with E-state index in [9.17, 15) is 0 Å². The van der Waals surface area contributed by atoms with Gasteiger partial charge in [0.2, 0.25) is 0 Å². The average Bonchev–Trinajstić information content (AvgIpc) is 2.54. The van der Waals surface area contributed by atoms with Crippen molar-refractivity contribution in [1.29, 1.82) is 0 Å². The van der Waals surface area contributed by atoms with Gasteiger partial charge in [0, 0.05) is 25.3 Å². The lowest BCUT2D eigenvalue weighted by Gasteiger charge is -2.26. The molecule has 1 aromatic heterocycles. The van der Waals surface area contributed by atoms with Crippen LogP contribution in [0, 0.1) is 19.3 Å². The third-order valence-electron chi connectivity index (χ3n) is 2.98. The minimum absolute atomic E-state index is 0.287. The molecule has 104 valence electrons. The van der Waals surface area contributed by atoms with Crippen LogP contribution in [0.15, 0.2) is 4.52 Å². The Balaban J connectivity index is 2.57. The standard InChI is InChI=1S/C14H26N2O2/c1-10-13(11(2)18-16-10)8-15-12(9-17-6)7-14(3,4)5/h12,15H,7-9H2,1-6H3. The van der Waals surface area contributed by atoms with E-state index < -0.39 is 0 Å². The first-order valence-electron chi connectivity index (χ1n) is 6.47. The summed E-state index contributed by atoms with van der Waals surface area (Å²) in [6, 6.07) is 0.351. The molecular weight excluding hydrogens is 228 g/mol. The molecule has 0 saturated heterocycles. The number of nitrogens with one attached hydrogen (secondary N) is 1. The van der Waals surface area contributed by atoms with Gasteiger partial charge >= 0.3 is 0 Å². The second-order valence-corrected chi connectivity index (χ2v) is 6.10. The Morgan fingerprint density at radius 2 is 2.00 bits per heavy atom. The fourth-order valence-electron chi connectivity index (χ4n) is 2.13. The molecule has 4 heteroatoms. The van der Waals surface area contributed by atoms with Crippen molar-refractivity contribution in [1.82, 2.24) is 10.5 Å². The summed E-state index contributed by atoms with van der Waals surface area (Å²) in [4.78, 5) is 0. The molecule has 1 rings (SSSR count). The molecule has 1 heterocycles. The Labute approximate surface area is 110 Å². The maximum atomic E-state index is 5.28. The Morgan fingerprint density at radius 1 is 1.33 bits per heavy atom. The van der Waals surface area contributed by atoms with Gasteiger partial charge in [-0.25, -0.2) is 0 Å². The molecule has 0 aromatic carbocycles. The zero-order chi connectivity index (χ0) is 13.8. The largest absolute Gasteiger partial charge is 0.383 e. The zero-order valence-electron chi connectivity index (χ0n) is 12.5. The second-order valence-electron chi connectivity index (χ2n) is 6.10. The van der Waals surface area contributed by atoms with Crippen molar-refractivity contribution in [3.05, 3.63) is 17.0 Å². The predicted octanol–water partition coefficient (Wildman–Crippen LogP) is 2.83. The lowest BCUT2D eigenvalue weighted by molar-refractivity contribution is 0.143. The van der Waals surface area contributed by atoms with Crippen molar-refractivity contribution in [2.75, 3.05) is 13.7 Å². The molecule has 4 nitrogen and oxygen atoms in total. The zero-order valence-corrected chi connectivity index (χ0v) is 12.5. The molecule has 1 atom stereocenters. The van der Waals surface area contributed by atoms with Gasteiger partial charge < -0.3 is 14.6 Å². The van der Waals surface area contributed by atoms with Gasteiger partial charge in [0.1, 0.15) is 5.76 Å². The number of rotatable bonds is 6. The Bertz CT molecular complexity index is 347. The molecule has 18 heavy (non-hydrogen) atoms. The first kappa shape index (κ1) is 15.2. The third kappa shape index (κ3) is 4.78. The first-order chi connectivity index (χ1) is 8.33. The lowest BCUT2D eigenvalue weighted by Crippen LogP contribution is -2.36.